The summed E-state index contributed by atoms with van der Waals surface area (Å²) in [5.74, 6) is -2.46. The summed E-state index contributed by atoms with van der Waals surface area (Å²) in [5, 5.41) is 0. The predicted molar refractivity (Wildman–Crippen MR) is 107 cm³/mol. The van der Waals surface area contributed by atoms with Gasteiger partial charge >= 0.3 is 23.9 Å². The van der Waals surface area contributed by atoms with Crippen LogP contribution in [0.25, 0.3) is 12.2 Å². The number of hydrogen-bond acceptors (Lipinski definition) is 8. The molecular formula is C22H20O8. The van der Waals surface area contributed by atoms with Crippen LogP contribution >= 0.6 is 0 Å². The predicted octanol–water partition coefficient (Wildman–Crippen LogP) is 3.00. The van der Waals surface area contributed by atoms with Crippen LogP contribution in [-0.4, -0.2) is 52.3 Å². The molecule has 0 aliphatic rings. The third-order valence-corrected chi connectivity index (χ3v) is 4.06. The fourth-order valence-electron chi connectivity index (χ4n) is 2.63. The topological polar surface area (TPSA) is 105 Å². The van der Waals surface area contributed by atoms with Gasteiger partial charge in [-0.15, -0.1) is 0 Å². The molecule has 0 aromatic heterocycles. The molecule has 2 aromatic carbocycles. The fourth-order valence-corrected chi connectivity index (χ4v) is 2.63. The molecule has 0 heterocycles. The molecule has 0 amide bonds. The van der Waals surface area contributed by atoms with E-state index in [1.54, 1.807) is 12.2 Å². The van der Waals surface area contributed by atoms with E-state index in [1.807, 2.05) is 0 Å². The first-order valence-electron chi connectivity index (χ1n) is 8.64. The van der Waals surface area contributed by atoms with Gasteiger partial charge in [-0.25, -0.2) is 19.2 Å². The van der Waals surface area contributed by atoms with Gasteiger partial charge in [0, 0.05) is 0 Å². The van der Waals surface area contributed by atoms with E-state index in [-0.39, 0.29) is 22.3 Å². The molecule has 0 unspecified atom stereocenters. The Bertz CT molecular complexity index is 870. The maximum atomic E-state index is 11.9. The number of carbonyl (C=O) groups excluding carboxylic acids is 4. The Labute approximate surface area is 173 Å². The second kappa shape index (κ2) is 10.0. The van der Waals surface area contributed by atoms with Crippen molar-refractivity contribution in [3.63, 3.8) is 0 Å². The molecule has 156 valence electrons. The van der Waals surface area contributed by atoms with Crippen molar-refractivity contribution in [1.29, 1.82) is 0 Å². The van der Waals surface area contributed by atoms with Crippen molar-refractivity contribution in [2.24, 2.45) is 0 Å². The van der Waals surface area contributed by atoms with Gasteiger partial charge in [0.15, 0.2) is 0 Å². The number of ether oxygens (including phenoxy) is 4. The minimum absolute atomic E-state index is 0.165. The largest absolute Gasteiger partial charge is 0.465 e. The van der Waals surface area contributed by atoms with Crippen molar-refractivity contribution >= 4 is 36.0 Å². The second-order valence-corrected chi connectivity index (χ2v) is 5.99. The van der Waals surface area contributed by atoms with E-state index in [0.717, 1.165) is 0 Å². The van der Waals surface area contributed by atoms with Crippen LogP contribution in [0.15, 0.2) is 36.4 Å². The Morgan fingerprint density at radius 2 is 0.733 bits per heavy atom. The van der Waals surface area contributed by atoms with E-state index in [2.05, 4.69) is 0 Å². The SMILES string of the molecule is COC(=O)c1cc(C=Cc2cc(C(=O)OC)cc(C(=O)OC)c2)cc(C(=O)OC)c1. The highest BCUT2D eigenvalue weighted by molar-refractivity contribution is 5.98. The molecule has 2 aromatic rings. The van der Waals surface area contributed by atoms with Gasteiger partial charge in [-0.05, 0) is 47.5 Å². The molecule has 8 heteroatoms. The smallest absolute Gasteiger partial charge is 0.337 e. The zero-order chi connectivity index (χ0) is 22.3. The average Bonchev–Trinajstić information content (AvgIpc) is 2.79. The number of rotatable bonds is 6. The van der Waals surface area contributed by atoms with Gasteiger partial charge in [0.05, 0.1) is 50.7 Å². The van der Waals surface area contributed by atoms with E-state index < -0.39 is 23.9 Å². The first kappa shape index (κ1) is 22.4. The number of hydrogen-bond donors (Lipinski definition) is 0. The van der Waals surface area contributed by atoms with Crippen LogP contribution in [-0.2, 0) is 18.9 Å². The zero-order valence-electron chi connectivity index (χ0n) is 16.9. The molecule has 0 spiro atoms. The van der Waals surface area contributed by atoms with Crippen LogP contribution < -0.4 is 0 Å². The number of benzene rings is 2. The Kier molecular flexibility index (Phi) is 7.46. The summed E-state index contributed by atoms with van der Waals surface area (Å²) in [6.07, 6.45) is 3.21. The molecule has 0 saturated carbocycles. The van der Waals surface area contributed by atoms with Gasteiger partial charge in [-0.2, -0.15) is 0 Å². The molecular weight excluding hydrogens is 392 g/mol. The van der Waals surface area contributed by atoms with Crippen LogP contribution in [0.4, 0.5) is 0 Å². The van der Waals surface area contributed by atoms with Crippen LogP contribution in [0, 0.1) is 0 Å². The van der Waals surface area contributed by atoms with E-state index in [1.165, 1.54) is 64.8 Å². The molecule has 0 bridgehead atoms. The third-order valence-electron chi connectivity index (χ3n) is 4.06. The lowest BCUT2D eigenvalue weighted by Crippen LogP contribution is -2.07. The van der Waals surface area contributed by atoms with Crippen LogP contribution in [0.3, 0.4) is 0 Å². The van der Waals surface area contributed by atoms with Crippen molar-refractivity contribution < 1.29 is 38.1 Å². The fraction of sp³-hybridized carbons (Fsp3) is 0.182. The van der Waals surface area contributed by atoms with Crippen LogP contribution in [0.1, 0.15) is 52.6 Å². The molecule has 8 nitrogen and oxygen atoms in total. The molecule has 0 fully saturated rings. The summed E-state index contributed by atoms with van der Waals surface area (Å²) in [6, 6.07) is 8.84. The first-order chi connectivity index (χ1) is 14.3. The first-order valence-corrected chi connectivity index (χ1v) is 8.64. The maximum Gasteiger partial charge on any atom is 0.337 e. The highest BCUT2D eigenvalue weighted by atomic mass is 16.5. The highest BCUT2D eigenvalue weighted by Crippen LogP contribution is 2.18. The second-order valence-electron chi connectivity index (χ2n) is 5.99. The lowest BCUT2D eigenvalue weighted by Gasteiger charge is -2.07. The molecule has 0 aliphatic carbocycles. The maximum absolute atomic E-state index is 11.9. The van der Waals surface area contributed by atoms with Crippen LogP contribution in [0.2, 0.25) is 0 Å². The Hall–Kier alpha value is -3.94. The van der Waals surface area contributed by atoms with Gasteiger partial charge in [-0.1, -0.05) is 12.2 Å². The van der Waals surface area contributed by atoms with Crippen molar-refractivity contribution in [2.75, 3.05) is 28.4 Å². The molecule has 0 N–H and O–H groups in total. The normalized spacial score (nSPS) is 10.4. The molecule has 0 radical (unpaired) electrons. The third kappa shape index (κ3) is 5.32. The summed E-state index contributed by atoms with van der Waals surface area (Å²) < 4.78 is 18.9. The van der Waals surface area contributed by atoms with Crippen molar-refractivity contribution in [2.45, 2.75) is 0 Å². The lowest BCUT2D eigenvalue weighted by molar-refractivity contribution is 0.0581. The minimum Gasteiger partial charge on any atom is -0.465 e. The summed E-state index contributed by atoms with van der Waals surface area (Å²) >= 11 is 0. The summed E-state index contributed by atoms with van der Waals surface area (Å²) in [7, 11) is 4.93. The van der Waals surface area contributed by atoms with Crippen molar-refractivity contribution in [3.8, 4) is 0 Å². The molecule has 0 saturated heterocycles. The van der Waals surface area contributed by atoms with Crippen LogP contribution in [0.5, 0.6) is 0 Å². The average molecular weight is 412 g/mol. The van der Waals surface area contributed by atoms with E-state index in [9.17, 15) is 19.2 Å². The standard InChI is InChI=1S/C22H20O8/c1-27-19(23)15-7-13(8-16(11-15)20(24)28-2)5-6-14-9-17(21(25)29-3)12-18(10-14)22(26)30-4/h5-12H,1-4H3. The zero-order valence-corrected chi connectivity index (χ0v) is 16.9. The van der Waals surface area contributed by atoms with Crippen molar-refractivity contribution in [1.82, 2.24) is 0 Å². The lowest BCUT2D eigenvalue weighted by atomic mass is 10.0. The van der Waals surface area contributed by atoms with Gasteiger partial charge in [0.1, 0.15) is 0 Å². The summed E-state index contributed by atoms with van der Waals surface area (Å²) in [5.41, 5.74) is 1.66. The van der Waals surface area contributed by atoms with Gasteiger partial charge in [0.2, 0.25) is 0 Å². The quantitative estimate of drug-likeness (QED) is 0.405. The summed E-state index contributed by atoms with van der Waals surface area (Å²) in [6.45, 7) is 0. The van der Waals surface area contributed by atoms with Gasteiger partial charge in [0.25, 0.3) is 0 Å². The van der Waals surface area contributed by atoms with Gasteiger partial charge in [-0.3, -0.25) is 0 Å². The molecule has 0 atom stereocenters. The monoisotopic (exact) mass is 412 g/mol. The minimum atomic E-state index is -0.615. The molecule has 0 aliphatic heterocycles. The molecule has 30 heavy (non-hydrogen) atoms. The highest BCUT2D eigenvalue weighted by Gasteiger charge is 2.14. The van der Waals surface area contributed by atoms with E-state index >= 15 is 0 Å². The number of carbonyl (C=O) groups is 4. The van der Waals surface area contributed by atoms with E-state index in [0.29, 0.717) is 11.1 Å². The Morgan fingerprint density at radius 1 is 0.500 bits per heavy atom. The van der Waals surface area contributed by atoms with Crippen molar-refractivity contribution in [3.05, 3.63) is 69.8 Å². The molecule has 2 rings (SSSR count). The van der Waals surface area contributed by atoms with Gasteiger partial charge < -0.3 is 18.9 Å². The Balaban J connectivity index is 2.52. The summed E-state index contributed by atoms with van der Waals surface area (Å²) in [4.78, 5) is 47.6. The number of methoxy groups -OCH3 is 4. The van der Waals surface area contributed by atoms with E-state index in [4.69, 9.17) is 18.9 Å². The Morgan fingerprint density at radius 3 is 0.933 bits per heavy atom. The number of esters is 4.